The van der Waals surface area contributed by atoms with Crippen LogP contribution in [0.4, 0.5) is 5.82 Å². The van der Waals surface area contributed by atoms with Crippen molar-refractivity contribution in [1.82, 2.24) is 29.1 Å². The Hall–Kier alpha value is -1.74. The normalized spacial score (nSPS) is 11.3. The van der Waals surface area contributed by atoms with Crippen LogP contribution in [0.5, 0.6) is 0 Å². The molecule has 3 aromatic rings. The lowest BCUT2D eigenvalue weighted by Crippen LogP contribution is -2.01. The summed E-state index contributed by atoms with van der Waals surface area (Å²) in [7, 11) is 1.83. The second-order valence-electron chi connectivity index (χ2n) is 3.93. The smallest absolute Gasteiger partial charge is 0.170 e. The van der Waals surface area contributed by atoms with Crippen molar-refractivity contribution in [2.24, 2.45) is 7.05 Å². The quantitative estimate of drug-likeness (QED) is 0.729. The minimum atomic E-state index is 0.460. The lowest BCUT2D eigenvalue weighted by Gasteiger charge is -2.01. The molecule has 0 spiro atoms. The monoisotopic (exact) mass is 293 g/mol. The van der Waals surface area contributed by atoms with Gasteiger partial charge in [-0.3, -0.25) is 4.68 Å². The summed E-state index contributed by atoms with van der Waals surface area (Å²) in [5.74, 6) is 2.53. The van der Waals surface area contributed by atoms with E-state index >= 15 is 0 Å². The van der Waals surface area contributed by atoms with Gasteiger partial charge in [-0.2, -0.15) is 9.47 Å². The fourth-order valence-electron chi connectivity index (χ4n) is 1.62. The van der Waals surface area contributed by atoms with Crippen LogP contribution in [0, 0.1) is 6.92 Å². The number of aryl methyl sites for hydroxylation is 2. The van der Waals surface area contributed by atoms with Crippen molar-refractivity contribution < 1.29 is 0 Å². The molecule has 3 heterocycles. The van der Waals surface area contributed by atoms with Gasteiger partial charge in [-0.1, -0.05) is 11.8 Å². The molecule has 0 amide bonds. The van der Waals surface area contributed by atoms with E-state index in [0.29, 0.717) is 17.4 Å². The Bertz CT molecular complexity index is 733. The Morgan fingerprint density at radius 1 is 1.37 bits per heavy atom. The number of nitrogens with zero attached hydrogens (tertiary/aromatic N) is 6. The van der Waals surface area contributed by atoms with Crippen molar-refractivity contribution in [3.8, 4) is 0 Å². The van der Waals surface area contributed by atoms with Crippen LogP contribution in [-0.2, 0) is 12.8 Å². The van der Waals surface area contributed by atoms with Crippen LogP contribution >= 0.6 is 23.3 Å². The summed E-state index contributed by atoms with van der Waals surface area (Å²) in [5.41, 5.74) is 6.65. The van der Waals surface area contributed by atoms with E-state index in [0.717, 1.165) is 21.2 Å². The maximum atomic E-state index is 5.90. The lowest BCUT2D eigenvalue weighted by atomic mass is 10.4. The Balaban J connectivity index is 1.86. The third kappa shape index (κ3) is 2.38. The van der Waals surface area contributed by atoms with Gasteiger partial charge in [0.1, 0.15) is 17.5 Å². The Kier molecular flexibility index (Phi) is 3.07. The molecule has 0 aliphatic heterocycles. The number of hydrogen-bond acceptors (Lipinski definition) is 8. The molecule has 0 aromatic carbocycles. The molecular formula is C10H11N7S2. The SMILES string of the molecule is Cc1nsc(SCc2nc(N)c3cnn(C)c3n2)n1. The maximum absolute atomic E-state index is 5.90. The van der Waals surface area contributed by atoms with Crippen molar-refractivity contribution in [1.29, 1.82) is 0 Å². The molecule has 2 N–H and O–H groups in total. The van der Waals surface area contributed by atoms with Gasteiger partial charge < -0.3 is 5.73 Å². The molecule has 0 bridgehead atoms. The van der Waals surface area contributed by atoms with Gasteiger partial charge in [0, 0.05) is 7.05 Å². The third-order valence-corrected chi connectivity index (χ3v) is 4.42. The third-order valence-electron chi connectivity index (χ3n) is 2.50. The van der Waals surface area contributed by atoms with Crippen molar-refractivity contribution >= 4 is 40.1 Å². The van der Waals surface area contributed by atoms with Gasteiger partial charge in [-0.15, -0.1) is 0 Å². The molecule has 0 aliphatic carbocycles. The molecule has 9 heteroatoms. The zero-order chi connectivity index (χ0) is 13.4. The van der Waals surface area contributed by atoms with Gasteiger partial charge in [-0.05, 0) is 18.5 Å². The van der Waals surface area contributed by atoms with Crippen molar-refractivity contribution in [3.05, 3.63) is 17.8 Å². The first-order valence-electron chi connectivity index (χ1n) is 5.50. The first-order chi connectivity index (χ1) is 9.13. The average molecular weight is 293 g/mol. The van der Waals surface area contributed by atoms with Gasteiger partial charge in [0.15, 0.2) is 9.99 Å². The summed E-state index contributed by atoms with van der Waals surface area (Å²) in [6, 6.07) is 0. The van der Waals surface area contributed by atoms with Crippen molar-refractivity contribution in [3.63, 3.8) is 0 Å². The zero-order valence-electron chi connectivity index (χ0n) is 10.4. The summed E-state index contributed by atoms with van der Waals surface area (Å²) in [4.78, 5) is 13.0. The second-order valence-corrected chi connectivity index (χ2v) is 5.90. The largest absolute Gasteiger partial charge is 0.383 e. The minimum absolute atomic E-state index is 0.460. The van der Waals surface area contributed by atoms with E-state index in [9.17, 15) is 0 Å². The highest BCUT2D eigenvalue weighted by atomic mass is 32.2. The van der Waals surface area contributed by atoms with Gasteiger partial charge >= 0.3 is 0 Å². The molecule has 3 aromatic heterocycles. The van der Waals surface area contributed by atoms with Crippen LogP contribution in [0.2, 0.25) is 0 Å². The number of fused-ring (bicyclic) bond motifs is 1. The molecule has 0 saturated heterocycles. The van der Waals surface area contributed by atoms with E-state index < -0.39 is 0 Å². The molecule has 0 unspecified atom stereocenters. The molecule has 0 saturated carbocycles. The molecule has 0 radical (unpaired) electrons. The van der Waals surface area contributed by atoms with E-state index in [2.05, 4.69) is 24.4 Å². The topological polar surface area (TPSA) is 95.4 Å². The van der Waals surface area contributed by atoms with Crippen LogP contribution in [0.3, 0.4) is 0 Å². The van der Waals surface area contributed by atoms with Gasteiger partial charge in [0.2, 0.25) is 0 Å². The first kappa shape index (κ1) is 12.3. The average Bonchev–Trinajstić information content (AvgIpc) is 2.95. The van der Waals surface area contributed by atoms with Crippen LogP contribution in [0.25, 0.3) is 11.0 Å². The maximum Gasteiger partial charge on any atom is 0.170 e. The van der Waals surface area contributed by atoms with E-state index in [1.54, 1.807) is 22.6 Å². The van der Waals surface area contributed by atoms with Gasteiger partial charge in [0.25, 0.3) is 0 Å². The summed E-state index contributed by atoms with van der Waals surface area (Å²) in [6.07, 6.45) is 1.68. The van der Waals surface area contributed by atoms with E-state index in [1.165, 1.54) is 11.5 Å². The van der Waals surface area contributed by atoms with Gasteiger partial charge in [-0.25, -0.2) is 15.0 Å². The Morgan fingerprint density at radius 3 is 2.95 bits per heavy atom. The van der Waals surface area contributed by atoms with Crippen LogP contribution < -0.4 is 5.73 Å². The fourth-order valence-corrected chi connectivity index (χ4v) is 3.12. The van der Waals surface area contributed by atoms with E-state index in [1.807, 2.05) is 14.0 Å². The molecule has 0 fully saturated rings. The number of thioether (sulfide) groups is 1. The summed E-state index contributed by atoms with van der Waals surface area (Å²) >= 11 is 2.93. The summed E-state index contributed by atoms with van der Waals surface area (Å²) in [6.45, 7) is 1.87. The number of nitrogen functional groups attached to an aromatic ring is 1. The van der Waals surface area contributed by atoms with E-state index in [-0.39, 0.29) is 0 Å². The highest BCUT2D eigenvalue weighted by Gasteiger charge is 2.10. The second kappa shape index (κ2) is 4.74. The molecule has 7 nitrogen and oxygen atoms in total. The number of nitrogens with two attached hydrogens (primary N) is 1. The van der Waals surface area contributed by atoms with Crippen molar-refractivity contribution in [2.75, 3.05) is 5.73 Å². The number of aromatic nitrogens is 6. The Morgan fingerprint density at radius 2 is 2.21 bits per heavy atom. The molecule has 19 heavy (non-hydrogen) atoms. The van der Waals surface area contributed by atoms with Crippen LogP contribution in [-0.4, -0.2) is 29.1 Å². The predicted molar refractivity (Wildman–Crippen MR) is 74.9 cm³/mol. The molecule has 98 valence electrons. The number of hydrogen-bond donors (Lipinski definition) is 1. The first-order valence-corrected chi connectivity index (χ1v) is 7.26. The van der Waals surface area contributed by atoms with Crippen LogP contribution in [0.15, 0.2) is 10.5 Å². The Labute approximate surface area is 117 Å². The van der Waals surface area contributed by atoms with Crippen molar-refractivity contribution in [2.45, 2.75) is 17.0 Å². The zero-order valence-corrected chi connectivity index (χ0v) is 12.0. The molecule has 3 rings (SSSR count). The number of anilines is 1. The molecular weight excluding hydrogens is 282 g/mol. The van der Waals surface area contributed by atoms with Gasteiger partial charge in [0.05, 0.1) is 17.3 Å². The molecule has 0 aliphatic rings. The highest BCUT2D eigenvalue weighted by Crippen LogP contribution is 2.24. The summed E-state index contributed by atoms with van der Waals surface area (Å²) < 4.78 is 6.73. The standard InChI is InChI=1S/C10H11N7S2/c1-5-13-10(19-16-5)18-4-7-14-8(11)6-3-12-17(2)9(6)15-7/h3H,4H2,1-2H3,(H2,11,14,15). The molecule has 0 atom stereocenters. The lowest BCUT2D eigenvalue weighted by molar-refractivity contribution is 0.782. The minimum Gasteiger partial charge on any atom is -0.383 e. The summed E-state index contributed by atoms with van der Waals surface area (Å²) in [5, 5.41) is 4.91. The number of rotatable bonds is 3. The van der Waals surface area contributed by atoms with Crippen LogP contribution in [0.1, 0.15) is 11.6 Å². The van der Waals surface area contributed by atoms with E-state index in [4.69, 9.17) is 5.73 Å². The fraction of sp³-hybridized carbons (Fsp3) is 0.300. The highest BCUT2D eigenvalue weighted by molar-refractivity contribution is 8.00. The predicted octanol–water partition coefficient (Wildman–Crippen LogP) is 1.40.